The molecule has 0 saturated heterocycles. The van der Waals surface area contributed by atoms with Crippen LogP contribution in [0.15, 0.2) is 29.2 Å². The number of carbonyl (C=O) groups excluding carboxylic acids is 1. The van der Waals surface area contributed by atoms with Crippen LogP contribution in [0.1, 0.15) is 23.9 Å². The number of carbonyl (C=O) groups is 1. The summed E-state index contributed by atoms with van der Waals surface area (Å²) in [5.41, 5.74) is 3.56. The molecular formula is C16H22N4O3S. The molecule has 8 heteroatoms. The number of aryl methyl sites for hydroxylation is 2. The fraction of sp³-hybridized carbons (Fsp3) is 0.375. The van der Waals surface area contributed by atoms with Crippen molar-refractivity contribution in [2.45, 2.75) is 32.1 Å². The lowest BCUT2D eigenvalue weighted by atomic mass is 10.1. The molecule has 2 N–H and O–H groups in total. The van der Waals surface area contributed by atoms with Crippen LogP contribution in [0.4, 0.5) is 5.69 Å². The second kappa shape index (κ2) is 7.14. The van der Waals surface area contributed by atoms with Crippen LogP contribution < -0.4 is 10.0 Å². The summed E-state index contributed by atoms with van der Waals surface area (Å²) >= 11 is 0. The molecule has 0 saturated carbocycles. The minimum Gasteiger partial charge on any atom is -0.326 e. The van der Waals surface area contributed by atoms with Crippen LogP contribution >= 0.6 is 0 Å². The highest BCUT2D eigenvalue weighted by Crippen LogP contribution is 2.15. The lowest BCUT2D eigenvalue weighted by Crippen LogP contribution is -2.26. The molecule has 2 aromatic rings. The van der Waals surface area contributed by atoms with Gasteiger partial charge in [-0.3, -0.25) is 9.48 Å². The summed E-state index contributed by atoms with van der Waals surface area (Å²) in [6.07, 6.45) is 0.578. The number of benzene rings is 1. The molecule has 130 valence electrons. The van der Waals surface area contributed by atoms with Gasteiger partial charge in [0.05, 0.1) is 10.6 Å². The Morgan fingerprint density at radius 2 is 1.83 bits per heavy atom. The molecule has 2 rings (SSSR count). The molecule has 0 aliphatic carbocycles. The molecule has 0 bridgehead atoms. The highest BCUT2D eigenvalue weighted by Gasteiger charge is 2.15. The zero-order valence-corrected chi connectivity index (χ0v) is 15.1. The maximum atomic E-state index is 12.3. The van der Waals surface area contributed by atoms with E-state index < -0.39 is 10.0 Å². The van der Waals surface area contributed by atoms with E-state index in [0.717, 1.165) is 17.0 Å². The minimum absolute atomic E-state index is 0.163. The zero-order valence-electron chi connectivity index (χ0n) is 14.3. The van der Waals surface area contributed by atoms with Crippen molar-refractivity contribution in [2.24, 2.45) is 7.05 Å². The number of nitrogens with one attached hydrogen (secondary N) is 2. The van der Waals surface area contributed by atoms with E-state index in [9.17, 15) is 13.2 Å². The molecule has 7 nitrogen and oxygen atoms in total. The summed E-state index contributed by atoms with van der Waals surface area (Å²) in [7, 11) is -1.72. The first-order valence-corrected chi connectivity index (χ1v) is 9.05. The van der Waals surface area contributed by atoms with Gasteiger partial charge in [-0.05, 0) is 50.1 Å². The van der Waals surface area contributed by atoms with Gasteiger partial charge in [-0.2, -0.15) is 5.10 Å². The molecule has 0 atom stereocenters. The van der Waals surface area contributed by atoms with Gasteiger partial charge in [0.25, 0.3) is 0 Å². The predicted molar refractivity (Wildman–Crippen MR) is 92.3 cm³/mol. The maximum absolute atomic E-state index is 12.3. The van der Waals surface area contributed by atoms with Gasteiger partial charge in [0, 0.05) is 31.9 Å². The Hall–Kier alpha value is -2.19. The fourth-order valence-electron chi connectivity index (χ4n) is 2.49. The molecule has 1 heterocycles. The van der Waals surface area contributed by atoms with Crippen molar-refractivity contribution in [1.82, 2.24) is 14.5 Å². The number of amides is 1. The SMILES string of the molecule is CC(=O)Nc1ccc(S(=O)(=O)NCCc2c(C)nn(C)c2C)cc1. The largest absolute Gasteiger partial charge is 0.326 e. The Bertz CT molecular complexity index is 839. The summed E-state index contributed by atoms with van der Waals surface area (Å²) < 4.78 is 29.0. The van der Waals surface area contributed by atoms with Crippen molar-refractivity contribution in [3.63, 3.8) is 0 Å². The van der Waals surface area contributed by atoms with Gasteiger partial charge in [0.1, 0.15) is 0 Å². The third-order valence-electron chi connectivity index (χ3n) is 3.81. The number of aromatic nitrogens is 2. The number of anilines is 1. The lowest BCUT2D eigenvalue weighted by molar-refractivity contribution is -0.114. The van der Waals surface area contributed by atoms with Gasteiger partial charge in [-0.25, -0.2) is 13.1 Å². The Morgan fingerprint density at radius 3 is 2.33 bits per heavy atom. The zero-order chi connectivity index (χ0) is 17.9. The molecule has 24 heavy (non-hydrogen) atoms. The third-order valence-corrected chi connectivity index (χ3v) is 5.29. The summed E-state index contributed by atoms with van der Waals surface area (Å²) in [5, 5.41) is 6.92. The first-order valence-electron chi connectivity index (χ1n) is 7.57. The molecule has 1 amide bonds. The van der Waals surface area contributed by atoms with Crippen LogP contribution in [0.25, 0.3) is 0 Å². The normalized spacial score (nSPS) is 11.5. The molecule has 0 fully saturated rings. The topological polar surface area (TPSA) is 93.1 Å². The average Bonchev–Trinajstić information content (AvgIpc) is 2.73. The van der Waals surface area contributed by atoms with Crippen LogP contribution in [0, 0.1) is 13.8 Å². The molecular weight excluding hydrogens is 328 g/mol. The van der Waals surface area contributed by atoms with E-state index in [1.54, 1.807) is 16.8 Å². The molecule has 0 aliphatic heterocycles. The lowest BCUT2D eigenvalue weighted by Gasteiger charge is -2.08. The first-order chi connectivity index (χ1) is 11.2. The Balaban J connectivity index is 2.02. The van der Waals surface area contributed by atoms with Crippen molar-refractivity contribution in [2.75, 3.05) is 11.9 Å². The van der Waals surface area contributed by atoms with E-state index in [-0.39, 0.29) is 10.8 Å². The maximum Gasteiger partial charge on any atom is 0.240 e. The van der Waals surface area contributed by atoms with Crippen LogP contribution in [-0.4, -0.2) is 30.7 Å². The highest BCUT2D eigenvalue weighted by atomic mass is 32.2. The number of hydrogen-bond donors (Lipinski definition) is 2. The summed E-state index contributed by atoms with van der Waals surface area (Å²) in [4.78, 5) is 11.1. The van der Waals surface area contributed by atoms with E-state index in [2.05, 4.69) is 15.1 Å². The van der Waals surface area contributed by atoms with Gasteiger partial charge in [-0.15, -0.1) is 0 Å². The van der Waals surface area contributed by atoms with Gasteiger partial charge >= 0.3 is 0 Å². The van der Waals surface area contributed by atoms with Crippen molar-refractivity contribution in [3.05, 3.63) is 41.2 Å². The number of nitrogens with zero attached hydrogens (tertiary/aromatic N) is 2. The predicted octanol–water partition coefficient (Wildman–Crippen LogP) is 1.52. The fourth-order valence-corrected chi connectivity index (χ4v) is 3.53. The summed E-state index contributed by atoms with van der Waals surface area (Å²) in [6.45, 7) is 5.57. The Kier molecular flexibility index (Phi) is 5.40. The van der Waals surface area contributed by atoms with E-state index in [1.165, 1.54) is 19.1 Å². The smallest absolute Gasteiger partial charge is 0.240 e. The van der Waals surface area contributed by atoms with E-state index >= 15 is 0 Å². The molecule has 0 spiro atoms. The van der Waals surface area contributed by atoms with E-state index in [4.69, 9.17) is 0 Å². The van der Waals surface area contributed by atoms with Gasteiger partial charge in [-0.1, -0.05) is 0 Å². The number of sulfonamides is 1. The van der Waals surface area contributed by atoms with E-state index in [0.29, 0.717) is 18.7 Å². The number of hydrogen-bond acceptors (Lipinski definition) is 4. The number of rotatable bonds is 6. The molecule has 1 aromatic carbocycles. The first kappa shape index (κ1) is 18.2. The highest BCUT2D eigenvalue weighted by molar-refractivity contribution is 7.89. The minimum atomic E-state index is -3.58. The van der Waals surface area contributed by atoms with Crippen LogP contribution in [0.2, 0.25) is 0 Å². The van der Waals surface area contributed by atoms with Gasteiger partial charge < -0.3 is 5.32 Å². The van der Waals surface area contributed by atoms with Crippen LogP contribution in [0.5, 0.6) is 0 Å². The summed E-state index contributed by atoms with van der Waals surface area (Å²) in [5.74, 6) is -0.203. The standard InChI is InChI=1S/C16H22N4O3S/c1-11-16(12(2)20(4)19-11)9-10-17-24(22,23)15-7-5-14(6-8-15)18-13(3)21/h5-8,17H,9-10H2,1-4H3,(H,18,21). The summed E-state index contributed by atoms with van der Waals surface area (Å²) in [6, 6.07) is 6.05. The van der Waals surface area contributed by atoms with Crippen molar-refractivity contribution in [1.29, 1.82) is 0 Å². The molecule has 0 radical (unpaired) electrons. The van der Waals surface area contributed by atoms with Crippen molar-refractivity contribution < 1.29 is 13.2 Å². The van der Waals surface area contributed by atoms with Gasteiger partial charge in [0.15, 0.2) is 0 Å². The second-order valence-corrected chi connectivity index (χ2v) is 7.39. The Labute approximate surface area is 142 Å². The van der Waals surface area contributed by atoms with E-state index in [1.807, 2.05) is 20.9 Å². The Morgan fingerprint density at radius 1 is 1.21 bits per heavy atom. The molecule has 0 aliphatic rings. The quantitative estimate of drug-likeness (QED) is 0.826. The van der Waals surface area contributed by atoms with Crippen LogP contribution in [-0.2, 0) is 28.3 Å². The average molecular weight is 350 g/mol. The monoisotopic (exact) mass is 350 g/mol. The molecule has 1 aromatic heterocycles. The van der Waals surface area contributed by atoms with Crippen molar-refractivity contribution >= 4 is 21.6 Å². The van der Waals surface area contributed by atoms with Crippen LogP contribution in [0.3, 0.4) is 0 Å². The third kappa shape index (κ3) is 4.21. The van der Waals surface area contributed by atoms with Gasteiger partial charge in [0.2, 0.25) is 15.9 Å². The molecule has 0 unspecified atom stereocenters. The second-order valence-electron chi connectivity index (χ2n) is 5.63. The van der Waals surface area contributed by atoms with Crippen molar-refractivity contribution in [3.8, 4) is 0 Å².